The number of carbonyl (C=O) groups is 2. The Kier molecular flexibility index (Phi) is 4.75. The van der Waals surface area contributed by atoms with E-state index in [4.69, 9.17) is 0 Å². The van der Waals surface area contributed by atoms with Gasteiger partial charge in [-0.05, 0) is 54.2 Å². The van der Waals surface area contributed by atoms with E-state index in [1.165, 1.54) is 17.0 Å². The van der Waals surface area contributed by atoms with E-state index in [1.54, 1.807) is 12.1 Å². The van der Waals surface area contributed by atoms with Crippen LogP contribution in [0.3, 0.4) is 0 Å². The van der Waals surface area contributed by atoms with Crippen LogP contribution in [0.2, 0.25) is 0 Å². The molecular formula is C23H23FN2O2. The molecule has 0 atom stereocenters. The van der Waals surface area contributed by atoms with E-state index in [0.717, 1.165) is 31.5 Å². The van der Waals surface area contributed by atoms with Crippen molar-refractivity contribution in [2.45, 2.75) is 32.6 Å². The van der Waals surface area contributed by atoms with E-state index in [9.17, 15) is 14.0 Å². The number of imide groups is 1. The Labute approximate surface area is 164 Å². The summed E-state index contributed by atoms with van der Waals surface area (Å²) in [6, 6.07) is 13.3. The second kappa shape index (κ2) is 7.23. The molecule has 0 unspecified atom stereocenters. The Morgan fingerprint density at radius 2 is 1.46 bits per heavy atom. The monoisotopic (exact) mass is 378 g/mol. The number of nitrogens with zero attached hydrogens (tertiary/aromatic N) is 2. The molecule has 144 valence electrons. The van der Waals surface area contributed by atoms with Crippen LogP contribution in [-0.4, -0.2) is 29.8 Å². The minimum atomic E-state index is -0.370. The third kappa shape index (κ3) is 3.11. The molecule has 2 amide bonds. The molecule has 0 aliphatic carbocycles. The Morgan fingerprint density at radius 3 is 2.04 bits per heavy atom. The third-order valence-electron chi connectivity index (χ3n) is 5.43. The van der Waals surface area contributed by atoms with Gasteiger partial charge in [0.05, 0.1) is 11.3 Å². The minimum Gasteiger partial charge on any atom is -0.366 e. The van der Waals surface area contributed by atoms with Crippen LogP contribution in [0.1, 0.15) is 43.7 Å². The zero-order valence-electron chi connectivity index (χ0n) is 16.1. The highest BCUT2D eigenvalue weighted by Crippen LogP contribution is 2.36. The number of amides is 2. The van der Waals surface area contributed by atoms with Crippen LogP contribution in [-0.2, 0) is 9.59 Å². The summed E-state index contributed by atoms with van der Waals surface area (Å²) in [4.78, 5) is 29.9. The highest BCUT2D eigenvalue weighted by atomic mass is 19.1. The molecule has 0 spiro atoms. The molecule has 4 rings (SSSR count). The van der Waals surface area contributed by atoms with Crippen molar-refractivity contribution in [2.75, 3.05) is 18.0 Å². The van der Waals surface area contributed by atoms with Crippen molar-refractivity contribution < 1.29 is 14.0 Å². The average Bonchev–Trinajstić information content (AvgIpc) is 3.29. The first-order chi connectivity index (χ1) is 13.5. The van der Waals surface area contributed by atoms with E-state index >= 15 is 0 Å². The number of rotatable bonds is 4. The van der Waals surface area contributed by atoms with Crippen LogP contribution >= 0.6 is 0 Å². The molecular weight excluding hydrogens is 355 g/mol. The van der Waals surface area contributed by atoms with Gasteiger partial charge in [-0.25, -0.2) is 9.29 Å². The SMILES string of the molecule is CC(C)c1ccc(N2C(=O)C(c3ccc(F)cc3)=C(N3CCCC3)C2=O)cc1. The van der Waals surface area contributed by atoms with E-state index < -0.39 is 0 Å². The standard InChI is InChI=1S/C23H23FN2O2/c1-15(2)16-7-11-19(12-8-16)26-22(27)20(17-5-9-18(24)10-6-17)21(23(26)28)25-13-3-4-14-25/h5-12,15H,3-4,13-14H2,1-2H3. The van der Waals surface area contributed by atoms with Gasteiger partial charge in [-0.3, -0.25) is 9.59 Å². The van der Waals surface area contributed by atoms with Gasteiger partial charge in [0.25, 0.3) is 11.8 Å². The maximum absolute atomic E-state index is 13.4. The molecule has 5 heteroatoms. The number of anilines is 1. The summed E-state index contributed by atoms with van der Waals surface area (Å²) >= 11 is 0. The quantitative estimate of drug-likeness (QED) is 0.744. The lowest BCUT2D eigenvalue weighted by Crippen LogP contribution is -2.34. The molecule has 0 radical (unpaired) electrons. The topological polar surface area (TPSA) is 40.6 Å². The average molecular weight is 378 g/mol. The molecule has 2 aliphatic rings. The first-order valence-corrected chi connectivity index (χ1v) is 9.71. The number of likely N-dealkylation sites (tertiary alicyclic amines) is 1. The Bertz CT molecular complexity index is 940. The van der Waals surface area contributed by atoms with Crippen molar-refractivity contribution in [1.82, 2.24) is 4.90 Å². The molecule has 2 aromatic rings. The normalized spacial score (nSPS) is 17.4. The number of carbonyl (C=O) groups excluding carboxylic acids is 2. The predicted molar refractivity (Wildman–Crippen MR) is 107 cm³/mol. The van der Waals surface area contributed by atoms with Crippen LogP contribution in [0.5, 0.6) is 0 Å². The molecule has 2 aliphatic heterocycles. The summed E-state index contributed by atoms with van der Waals surface area (Å²) in [7, 11) is 0. The molecule has 28 heavy (non-hydrogen) atoms. The highest BCUT2D eigenvalue weighted by molar-refractivity contribution is 6.45. The summed E-state index contributed by atoms with van der Waals surface area (Å²) < 4.78 is 13.4. The third-order valence-corrected chi connectivity index (χ3v) is 5.43. The van der Waals surface area contributed by atoms with Gasteiger partial charge in [0.2, 0.25) is 0 Å². The molecule has 1 fully saturated rings. The lowest BCUT2D eigenvalue weighted by Gasteiger charge is -2.20. The second-order valence-electron chi connectivity index (χ2n) is 7.62. The summed E-state index contributed by atoms with van der Waals surface area (Å²) in [5.41, 5.74) is 3.08. The second-order valence-corrected chi connectivity index (χ2v) is 7.62. The highest BCUT2D eigenvalue weighted by Gasteiger charge is 2.42. The lowest BCUT2D eigenvalue weighted by atomic mass is 10.0. The van der Waals surface area contributed by atoms with Gasteiger partial charge in [0.15, 0.2) is 0 Å². The Hall–Kier alpha value is -2.95. The fraction of sp³-hybridized carbons (Fsp3) is 0.304. The molecule has 0 aromatic heterocycles. The van der Waals surface area contributed by atoms with Crippen molar-refractivity contribution in [3.8, 4) is 0 Å². The van der Waals surface area contributed by atoms with E-state index in [0.29, 0.717) is 28.4 Å². The van der Waals surface area contributed by atoms with Crippen LogP contribution < -0.4 is 4.90 Å². The maximum atomic E-state index is 13.4. The molecule has 0 N–H and O–H groups in total. The fourth-order valence-electron chi connectivity index (χ4n) is 3.87. The molecule has 2 aromatic carbocycles. The van der Waals surface area contributed by atoms with Crippen molar-refractivity contribution in [3.63, 3.8) is 0 Å². The molecule has 1 saturated heterocycles. The number of halogens is 1. The zero-order valence-corrected chi connectivity index (χ0v) is 16.1. The van der Waals surface area contributed by atoms with Crippen LogP contribution in [0.25, 0.3) is 5.57 Å². The summed E-state index contributed by atoms with van der Waals surface area (Å²) in [5.74, 6) is -0.656. The fourth-order valence-corrected chi connectivity index (χ4v) is 3.87. The number of hydrogen-bond donors (Lipinski definition) is 0. The van der Waals surface area contributed by atoms with Crippen molar-refractivity contribution in [1.29, 1.82) is 0 Å². The van der Waals surface area contributed by atoms with Crippen LogP contribution in [0.15, 0.2) is 54.2 Å². The molecule has 0 bridgehead atoms. The smallest absolute Gasteiger partial charge is 0.282 e. The maximum Gasteiger partial charge on any atom is 0.282 e. The van der Waals surface area contributed by atoms with E-state index in [-0.39, 0.29) is 17.6 Å². The van der Waals surface area contributed by atoms with Crippen molar-refractivity contribution in [2.24, 2.45) is 0 Å². The number of hydrogen-bond acceptors (Lipinski definition) is 3. The Morgan fingerprint density at radius 1 is 0.857 bits per heavy atom. The van der Waals surface area contributed by atoms with Crippen LogP contribution in [0, 0.1) is 5.82 Å². The predicted octanol–water partition coefficient (Wildman–Crippen LogP) is 4.33. The first kappa shape index (κ1) is 18.4. The van der Waals surface area contributed by atoms with Gasteiger partial charge in [0.1, 0.15) is 11.5 Å². The number of benzene rings is 2. The van der Waals surface area contributed by atoms with E-state index in [2.05, 4.69) is 13.8 Å². The van der Waals surface area contributed by atoms with Gasteiger partial charge < -0.3 is 4.90 Å². The van der Waals surface area contributed by atoms with Crippen LogP contribution in [0.4, 0.5) is 10.1 Å². The largest absolute Gasteiger partial charge is 0.366 e. The molecule has 2 heterocycles. The zero-order chi connectivity index (χ0) is 19.8. The first-order valence-electron chi connectivity index (χ1n) is 9.71. The Balaban J connectivity index is 1.77. The lowest BCUT2D eigenvalue weighted by molar-refractivity contribution is -0.120. The molecule has 0 saturated carbocycles. The van der Waals surface area contributed by atoms with Gasteiger partial charge >= 0.3 is 0 Å². The summed E-state index contributed by atoms with van der Waals surface area (Å²) in [6.45, 7) is 5.69. The minimum absolute atomic E-state index is 0.302. The van der Waals surface area contributed by atoms with Gasteiger partial charge in [0, 0.05) is 13.1 Å². The van der Waals surface area contributed by atoms with Crippen molar-refractivity contribution in [3.05, 3.63) is 71.2 Å². The van der Waals surface area contributed by atoms with E-state index in [1.807, 2.05) is 29.2 Å². The van der Waals surface area contributed by atoms with Gasteiger partial charge in [-0.1, -0.05) is 38.1 Å². The summed E-state index contributed by atoms with van der Waals surface area (Å²) in [6.07, 6.45) is 1.98. The van der Waals surface area contributed by atoms with Crippen molar-refractivity contribution >= 4 is 23.1 Å². The van der Waals surface area contributed by atoms with Gasteiger partial charge in [-0.2, -0.15) is 0 Å². The van der Waals surface area contributed by atoms with Gasteiger partial charge in [-0.15, -0.1) is 0 Å². The summed E-state index contributed by atoms with van der Waals surface area (Å²) in [5, 5.41) is 0. The molecule has 4 nitrogen and oxygen atoms in total.